The van der Waals surface area contributed by atoms with Crippen LogP contribution in [-0.4, -0.2) is 30.6 Å². The minimum Gasteiger partial charge on any atom is -0.493 e. The molecule has 4 nitrogen and oxygen atoms in total. The van der Waals surface area contributed by atoms with Crippen LogP contribution >= 0.6 is 24.2 Å². The molecule has 0 aromatic heterocycles. The van der Waals surface area contributed by atoms with Crippen LogP contribution in [0.1, 0.15) is 32.3 Å². The van der Waals surface area contributed by atoms with Gasteiger partial charge in [-0.05, 0) is 36.8 Å². The van der Waals surface area contributed by atoms with Gasteiger partial charge in [0.1, 0.15) is 5.75 Å². The predicted octanol–water partition coefficient (Wildman–Crippen LogP) is 3.23. The number of ether oxygens (including phenoxy) is 1. The summed E-state index contributed by atoms with van der Waals surface area (Å²) >= 11 is 1.70. The van der Waals surface area contributed by atoms with Gasteiger partial charge in [0.25, 0.3) is 0 Å². The number of hydrogen-bond donors (Lipinski definition) is 2. The van der Waals surface area contributed by atoms with Crippen molar-refractivity contribution in [2.24, 2.45) is 11.7 Å². The Kier molecular flexibility index (Phi) is 12.0. The number of carbonyl (C=O) groups is 1. The summed E-state index contributed by atoms with van der Waals surface area (Å²) in [5.41, 5.74) is 6.85. The highest BCUT2D eigenvalue weighted by Crippen LogP contribution is 2.18. The van der Waals surface area contributed by atoms with Crippen LogP contribution in [0.2, 0.25) is 0 Å². The van der Waals surface area contributed by atoms with Crippen molar-refractivity contribution in [2.45, 2.75) is 39.3 Å². The number of thioether (sulfide) groups is 1. The third kappa shape index (κ3) is 9.08. The summed E-state index contributed by atoms with van der Waals surface area (Å²) in [5.74, 6) is 2.23. The Labute approximate surface area is 150 Å². The Hall–Kier alpha value is -0.910. The SMILES string of the molecule is CSCC[C@H](N)C(=O)NCc1ccccc1OCCC(C)C.Cl. The highest BCUT2D eigenvalue weighted by atomic mass is 35.5. The first kappa shape index (κ1) is 22.1. The van der Waals surface area contributed by atoms with E-state index in [4.69, 9.17) is 10.5 Å². The number of hydrogen-bond acceptors (Lipinski definition) is 4. The molecule has 0 saturated carbocycles. The van der Waals surface area contributed by atoms with E-state index < -0.39 is 6.04 Å². The van der Waals surface area contributed by atoms with Gasteiger partial charge in [0.2, 0.25) is 5.91 Å². The Morgan fingerprint density at radius 2 is 2.00 bits per heavy atom. The van der Waals surface area contributed by atoms with Crippen molar-refractivity contribution in [2.75, 3.05) is 18.6 Å². The topological polar surface area (TPSA) is 64.4 Å². The fraction of sp³-hybridized carbons (Fsp3) is 0.588. The zero-order valence-electron chi connectivity index (χ0n) is 14.2. The normalized spacial score (nSPS) is 11.7. The molecule has 23 heavy (non-hydrogen) atoms. The molecule has 1 aromatic rings. The largest absolute Gasteiger partial charge is 0.493 e. The summed E-state index contributed by atoms with van der Waals surface area (Å²) in [6.07, 6.45) is 3.72. The van der Waals surface area contributed by atoms with Crippen molar-refractivity contribution in [1.29, 1.82) is 0 Å². The fourth-order valence-electron chi connectivity index (χ4n) is 1.88. The first-order valence-electron chi connectivity index (χ1n) is 7.77. The van der Waals surface area contributed by atoms with Gasteiger partial charge in [-0.2, -0.15) is 11.8 Å². The molecular weight excluding hydrogens is 332 g/mol. The highest BCUT2D eigenvalue weighted by Gasteiger charge is 2.13. The van der Waals surface area contributed by atoms with E-state index in [0.29, 0.717) is 25.5 Å². The number of para-hydroxylation sites is 1. The minimum absolute atomic E-state index is 0. The average Bonchev–Trinajstić information content (AvgIpc) is 2.50. The average molecular weight is 361 g/mol. The Morgan fingerprint density at radius 3 is 2.65 bits per heavy atom. The number of benzene rings is 1. The lowest BCUT2D eigenvalue weighted by Crippen LogP contribution is -2.40. The van der Waals surface area contributed by atoms with Crippen LogP contribution in [0.4, 0.5) is 0 Å². The van der Waals surface area contributed by atoms with Crippen molar-refractivity contribution in [3.63, 3.8) is 0 Å². The minimum atomic E-state index is -0.443. The zero-order chi connectivity index (χ0) is 16.4. The summed E-state index contributed by atoms with van der Waals surface area (Å²) in [5, 5.41) is 2.89. The molecule has 3 N–H and O–H groups in total. The molecule has 6 heteroatoms. The fourth-order valence-corrected chi connectivity index (χ4v) is 2.37. The van der Waals surface area contributed by atoms with Crippen LogP contribution in [0.5, 0.6) is 5.75 Å². The van der Waals surface area contributed by atoms with Gasteiger partial charge in [0, 0.05) is 12.1 Å². The molecule has 0 bridgehead atoms. The standard InChI is InChI=1S/C17H28N2O2S.ClH/c1-13(2)8-10-21-16-7-5-4-6-14(16)12-19-17(20)15(18)9-11-22-3;/h4-7,13,15H,8-12,18H2,1-3H3,(H,19,20);1H/t15-;/m0./s1. The smallest absolute Gasteiger partial charge is 0.237 e. The van der Waals surface area contributed by atoms with Crippen LogP contribution in [0.15, 0.2) is 24.3 Å². The van der Waals surface area contributed by atoms with E-state index in [2.05, 4.69) is 19.2 Å². The van der Waals surface area contributed by atoms with E-state index in [1.165, 1.54) is 0 Å². The first-order chi connectivity index (χ1) is 10.5. The van der Waals surface area contributed by atoms with Crippen molar-refractivity contribution in [3.8, 4) is 5.75 Å². The molecule has 0 heterocycles. The molecule has 1 atom stereocenters. The molecule has 1 rings (SSSR count). The molecule has 0 aliphatic heterocycles. The van der Waals surface area contributed by atoms with Crippen molar-refractivity contribution in [1.82, 2.24) is 5.32 Å². The second-order valence-corrected chi connectivity index (χ2v) is 6.73. The van der Waals surface area contributed by atoms with Gasteiger partial charge in [-0.25, -0.2) is 0 Å². The number of amides is 1. The molecule has 0 radical (unpaired) electrons. The van der Waals surface area contributed by atoms with Gasteiger partial charge >= 0.3 is 0 Å². The van der Waals surface area contributed by atoms with Crippen LogP contribution in [0.25, 0.3) is 0 Å². The van der Waals surface area contributed by atoms with Crippen LogP contribution < -0.4 is 15.8 Å². The maximum absolute atomic E-state index is 12.0. The van der Waals surface area contributed by atoms with E-state index in [1.807, 2.05) is 30.5 Å². The molecular formula is C17H29ClN2O2S. The zero-order valence-corrected chi connectivity index (χ0v) is 15.8. The molecule has 0 saturated heterocycles. The lowest BCUT2D eigenvalue weighted by Gasteiger charge is -2.15. The maximum Gasteiger partial charge on any atom is 0.237 e. The third-order valence-electron chi connectivity index (χ3n) is 3.35. The van der Waals surface area contributed by atoms with Gasteiger partial charge in [-0.3, -0.25) is 4.79 Å². The Bertz CT molecular complexity index is 458. The molecule has 0 fully saturated rings. The van der Waals surface area contributed by atoms with Gasteiger partial charge in [0.05, 0.1) is 12.6 Å². The summed E-state index contributed by atoms with van der Waals surface area (Å²) in [6.45, 7) is 5.48. The van der Waals surface area contributed by atoms with Gasteiger partial charge in [-0.15, -0.1) is 12.4 Å². The van der Waals surface area contributed by atoms with E-state index in [9.17, 15) is 4.79 Å². The third-order valence-corrected chi connectivity index (χ3v) is 3.99. The molecule has 1 amide bonds. The lowest BCUT2D eigenvalue weighted by atomic mass is 10.1. The van der Waals surface area contributed by atoms with E-state index in [1.54, 1.807) is 11.8 Å². The number of nitrogens with one attached hydrogen (secondary N) is 1. The summed E-state index contributed by atoms with van der Waals surface area (Å²) in [7, 11) is 0. The van der Waals surface area contributed by atoms with Crippen molar-refractivity contribution >= 4 is 30.1 Å². The highest BCUT2D eigenvalue weighted by molar-refractivity contribution is 7.98. The van der Waals surface area contributed by atoms with Crippen LogP contribution in [0, 0.1) is 5.92 Å². The second-order valence-electron chi connectivity index (χ2n) is 5.74. The van der Waals surface area contributed by atoms with Crippen LogP contribution in [-0.2, 0) is 11.3 Å². The number of rotatable bonds is 10. The Balaban J connectivity index is 0.00000484. The molecule has 132 valence electrons. The van der Waals surface area contributed by atoms with Gasteiger partial charge in [0.15, 0.2) is 0 Å². The van der Waals surface area contributed by atoms with Crippen LogP contribution in [0.3, 0.4) is 0 Å². The van der Waals surface area contributed by atoms with E-state index in [0.717, 1.165) is 23.5 Å². The number of nitrogens with two attached hydrogens (primary N) is 1. The van der Waals surface area contributed by atoms with Crippen molar-refractivity contribution in [3.05, 3.63) is 29.8 Å². The molecule has 1 aromatic carbocycles. The van der Waals surface area contributed by atoms with Gasteiger partial charge in [-0.1, -0.05) is 32.0 Å². The Morgan fingerprint density at radius 1 is 1.30 bits per heavy atom. The summed E-state index contributed by atoms with van der Waals surface area (Å²) < 4.78 is 5.82. The molecule has 0 aliphatic carbocycles. The molecule has 0 aliphatic rings. The van der Waals surface area contributed by atoms with Gasteiger partial charge < -0.3 is 15.8 Å². The van der Waals surface area contributed by atoms with Crippen molar-refractivity contribution < 1.29 is 9.53 Å². The molecule has 0 unspecified atom stereocenters. The summed E-state index contributed by atoms with van der Waals surface area (Å²) in [4.78, 5) is 12.0. The second kappa shape index (κ2) is 12.5. The summed E-state index contributed by atoms with van der Waals surface area (Å²) in [6, 6.07) is 7.36. The first-order valence-corrected chi connectivity index (χ1v) is 9.17. The molecule has 0 spiro atoms. The van der Waals surface area contributed by atoms with E-state index in [-0.39, 0.29) is 18.3 Å². The number of carbonyl (C=O) groups excluding carboxylic acids is 1. The monoisotopic (exact) mass is 360 g/mol. The van der Waals surface area contributed by atoms with E-state index >= 15 is 0 Å². The quantitative estimate of drug-likeness (QED) is 0.672. The number of halogens is 1. The predicted molar refractivity (Wildman–Crippen MR) is 101 cm³/mol. The lowest BCUT2D eigenvalue weighted by molar-refractivity contribution is -0.122. The maximum atomic E-state index is 12.0.